The maximum atomic E-state index is 12.5. The van der Waals surface area contributed by atoms with Gasteiger partial charge in [0, 0.05) is 33.7 Å². The van der Waals surface area contributed by atoms with Crippen molar-refractivity contribution in [1.29, 1.82) is 0 Å². The molecule has 0 aliphatic carbocycles. The first-order chi connectivity index (χ1) is 11.0. The molecule has 0 saturated carbocycles. The monoisotopic (exact) mass is 324 g/mol. The third kappa shape index (κ3) is 4.28. The largest absolute Gasteiger partial charge is 0.376 e. The molecule has 8 heteroatoms. The molecule has 0 bridgehead atoms. The number of amides is 2. The van der Waals surface area contributed by atoms with Gasteiger partial charge in [0.05, 0.1) is 12.0 Å². The Morgan fingerprint density at radius 2 is 2.22 bits per heavy atom. The van der Waals surface area contributed by atoms with Crippen LogP contribution in [0.1, 0.15) is 37.1 Å². The van der Waals surface area contributed by atoms with E-state index in [0.29, 0.717) is 37.3 Å². The van der Waals surface area contributed by atoms with Gasteiger partial charge in [-0.2, -0.15) is 0 Å². The molecule has 1 unspecified atom stereocenters. The molecule has 1 aromatic rings. The van der Waals surface area contributed by atoms with Crippen LogP contribution in [0, 0.1) is 6.92 Å². The van der Waals surface area contributed by atoms with Crippen LogP contribution >= 0.6 is 0 Å². The highest BCUT2D eigenvalue weighted by molar-refractivity contribution is 5.79. The fraction of sp³-hybridized carbons (Fsp3) is 0.733. The minimum atomic E-state index is -0.461. The van der Waals surface area contributed by atoms with E-state index in [-0.39, 0.29) is 18.2 Å². The predicted octanol–water partition coefficient (Wildman–Crippen LogP) is 0.454. The van der Waals surface area contributed by atoms with Gasteiger partial charge >= 0.3 is 0 Å². The van der Waals surface area contributed by atoms with Crippen LogP contribution in [0.2, 0.25) is 0 Å². The molecule has 1 aliphatic rings. The van der Waals surface area contributed by atoms with Crippen LogP contribution in [-0.2, 0) is 20.7 Å². The van der Waals surface area contributed by atoms with Crippen molar-refractivity contribution in [2.75, 3.05) is 27.2 Å². The first kappa shape index (κ1) is 17.4. The lowest BCUT2D eigenvalue weighted by molar-refractivity contribution is -0.141. The van der Waals surface area contributed by atoms with Crippen molar-refractivity contribution in [1.82, 2.24) is 20.5 Å². The number of aryl methyl sites for hydroxylation is 1. The van der Waals surface area contributed by atoms with E-state index in [4.69, 9.17) is 4.74 Å². The number of piperidine rings is 1. The maximum Gasteiger partial charge on any atom is 0.228 e. The lowest BCUT2D eigenvalue weighted by Crippen LogP contribution is -2.52. The number of nitrogens with one attached hydrogen (secondary N) is 1. The number of carbonyl (C=O) groups excluding carboxylic acids is 2. The molecule has 8 nitrogen and oxygen atoms in total. The molecule has 1 aliphatic heterocycles. The van der Waals surface area contributed by atoms with Gasteiger partial charge in [-0.25, -0.2) is 4.63 Å². The average molecular weight is 324 g/mol. The number of carbonyl (C=O) groups is 2. The number of rotatable bonds is 6. The second-order valence-corrected chi connectivity index (χ2v) is 5.95. The van der Waals surface area contributed by atoms with Crippen molar-refractivity contribution >= 4 is 11.8 Å². The smallest absolute Gasteiger partial charge is 0.228 e. The summed E-state index contributed by atoms with van der Waals surface area (Å²) >= 11 is 0. The van der Waals surface area contributed by atoms with Gasteiger partial charge in [-0.1, -0.05) is 10.3 Å². The predicted molar refractivity (Wildman–Crippen MR) is 81.6 cm³/mol. The normalized spacial score (nSPS) is 21.3. The number of hydrogen-bond acceptors (Lipinski definition) is 6. The summed E-state index contributed by atoms with van der Waals surface area (Å²) in [6.45, 7) is 2.94. The lowest BCUT2D eigenvalue weighted by atomic mass is 9.87. The van der Waals surface area contributed by atoms with Crippen LogP contribution in [-0.4, -0.2) is 59.9 Å². The Hall–Kier alpha value is -1.96. The quantitative estimate of drug-likeness (QED) is 0.816. The van der Waals surface area contributed by atoms with Crippen LogP contribution in [0.4, 0.5) is 0 Å². The van der Waals surface area contributed by atoms with Crippen molar-refractivity contribution in [2.45, 2.75) is 44.6 Å². The zero-order valence-electron chi connectivity index (χ0n) is 13.9. The number of likely N-dealkylation sites (tertiary alicyclic amines) is 1. The Morgan fingerprint density at radius 3 is 2.83 bits per heavy atom. The second-order valence-electron chi connectivity index (χ2n) is 5.95. The second kappa shape index (κ2) is 7.54. The third-order valence-corrected chi connectivity index (χ3v) is 4.48. The van der Waals surface area contributed by atoms with Crippen molar-refractivity contribution in [3.63, 3.8) is 0 Å². The highest BCUT2D eigenvalue weighted by atomic mass is 16.6. The topological polar surface area (TPSA) is 97.6 Å². The van der Waals surface area contributed by atoms with E-state index in [9.17, 15) is 9.59 Å². The van der Waals surface area contributed by atoms with Crippen LogP contribution in [0.5, 0.6) is 0 Å². The molecular formula is C15H24N4O4. The number of hydrogen-bond donors (Lipinski definition) is 1. The molecule has 1 saturated heterocycles. The SMILES string of the molecule is CNC(=O)CCC1(OC)CCCN(C(=O)Cc2nonc2C)C1. The Kier molecular flexibility index (Phi) is 5.70. The van der Waals surface area contributed by atoms with Crippen LogP contribution in [0.15, 0.2) is 4.63 Å². The van der Waals surface area contributed by atoms with Crippen molar-refractivity contribution in [3.05, 3.63) is 11.4 Å². The van der Waals surface area contributed by atoms with Crippen molar-refractivity contribution in [2.24, 2.45) is 0 Å². The van der Waals surface area contributed by atoms with Gasteiger partial charge in [0.15, 0.2) is 0 Å². The summed E-state index contributed by atoms with van der Waals surface area (Å²) in [6, 6.07) is 0. The molecule has 23 heavy (non-hydrogen) atoms. The zero-order valence-corrected chi connectivity index (χ0v) is 13.9. The van der Waals surface area contributed by atoms with Gasteiger partial charge in [0.1, 0.15) is 11.4 Å². The number of nitrogens with zero attached hydrogens (tertiary/aromatic N) is 3. The van der Waals surface area contributed by atoms with Gasteiger partial charge in [-0.05, 0) is 26.2 Å². The number of methoxy groups -OCH3 is 1. The molecule has 1 aromatic heterocycles. The summed E-state index contributed by atoms with van der Waals surface area (Å²) in [4.78, 5) is 25.8. The molecule has 0 radical (unpaired) electrons. The molecule has 1 atom stereocenters. The van der Waals surface area contributed by atoms with E-state index >= 15 is 0 Å². The minimum Gasteiger partial charge on any atom is -0.376 e. The van der Waals surface area contributed by atoms with Gasteiger partial charge < -0.3 is 15.0 Å². The molecule has 0 aromatic carbocycles. The van der Waals surface area contributed by atoms with E-state index in [0.717, 1.165) is 12.8 Å². The van der Waals surface area contributed by atoms with Crippen molar-refractivity contribution in [3.8, 4) is 0 Å². The first-order valence-corrected chi connectivity index (χ1v) is 7.81. The summed E-state index contributed by atoms with van der Waals surface area (Å²) in [5.74, 6) is -0.0426. The highest BCUT2D eigenvalue weighted by Crippen LogP contribution is 2.29. The minimum absolute atomic E-state index is 0.0193. The average Bonchev–Trinajstić information content (AvgIpc) is 2.97. The van der Waals surface area contributed by atoms with Crippen molar-refractivity contribution < 1.29 is 19.0 Å². The van der Waals surface area contributed by atoms with E-state index < -0.39 is 5.60 Å². The lowest BCUT2D eigenvalue weighted by Gasteiger charge is -2.42. The van der Waals surface area contributed by atoms with Gasteiger partial charge in [-0.15, -0.1) is 0 Å². The summed E-state index contributed by atoms with van der Waals surface area (Å²) < 4.78 is 10.3. The first-order valence-electron chi connectivity index (χ1n) is 7.81. The molecule has 1 N–H and O–H groups in total. The van der Waals surface area contributed by atoms with E-state index in [1.807, 2.05) is 0 Å². The number of aromatic nitrogens is 2. The molecule has 0 spiro atoms. The standard InChI is InChI=1S/C15H24N4O4/c1-11-12(18-23-17-11)9-14(21)19-8-4-6-15(10-19,22-3)7-5-13(20)16-2/h4-10H2,1-3H3,(H,16,20). The molecule has 2 amide bonds. The van der Waals surface area contributed by atoms with Crippen LogP contribution < -0.4 is 5.32 Å². The molecule has 128 valence electrons. The third-order valence-electron chi connectivity index (χ3n) is 4.48. The highest BCUT2D eigenvalue weighted by Gasteiger charge is 2.37. The summed E-state index contributed by atoms with van der Waals surface area (Å²) in [5, 5.41) is 10.1. The molecule has 1 fully saturated rings. The van der Waals surface area contributed by atoms with Crippen LogP contribution in [0.3, 0.4) is 0 Å². The Labute approximate surface area is 135 Å². The molecular weight excluding hydrogens is 300 g/mol. The summed E-state index contributed by atoms with van der Waals surface area (Å²) in [6.07, 6.45) is 2.85. The van der Waals surface area contributed by atoms with E-state index in [2.05, 4.69) is 20.3 Å². The number of ether oxygens (including phenoxy) is 1. The summed E-state index contributed by atoms with van der Waals surface area (Å²) in [5.41, 5.74) is 0.735. The summed E-state index contributed by atoms with van der Waals surface area (Å²) in [7, 11) is 3.26. The van der Waals surface area contributed by atoms with E-state index in [1.165, 1.54) is 0 Å². The van der Waals surface area contributed by atoms with Gasteiger partial charge in [0.25, 0.3) is 0 Å². The Bertz CT molecular complexity index is 559. The van der Waals surface area contributed by atoms with Crippen LogP contribution in [0.25, 0.3) is 0 Å². The van der Waals surface area contributed by atoms with Gasteiger partial charge in [0.2, 0.25) is 11.8 Å². The fourth-order valence-corrected chi connectivity index (χ4v) is 2.91. The maximum absolute atomic E-state index is 12.5. The zero-order chi connectivity index (χ0) is 16.9. The Morgan fingerprint density at radius 1 is 1.43 bits per heavy atom. The fourth-order valence-electron chi connectivity index (χ4n) is 2.91. The Balaban J connectivity index is 1.99. The molecule has 2 rings (SSSR count). The van der Waals surface area contributed by atoms with E-state index in [1.54, 1.807) is 26.0 Å². The molecule has 2 heterocycles. The van der Waals surface area contributed by atoms with Gasteiger partial charge in [-0.3, -0.25) is 9.59 Å².